The molecule has 1 fully saturated rings. The number of piperazine rings is 1. The highest BCUT2D eigenvalue weighted by molar-refractivity contribution is 5.97. The number of fused-ring (bicyclic) bond motifs is 1. The van der Waals surface area contributed by atoms with Gasteiger partial charge in [-0.2, -0.15) is 0 Å². The van der Waals surface area contributed by atoms with Gasteiger partial charge in [-0.1, -0.05) is 18.2 Å². The Morgan fingerprint density at radius 1 is 1.07 bits per heavy atom. The second kappa shape index (κ2) is 8.50. The zero-order valence-corrected chi connectivity index (χ0v) is 16.5. The number of nitrogens with zero attached hydrogens (tertiary/aromatic N) is 1. The zero-order valence-electron chi connectivity index (χ0n) is 15.7. The average Bonchev–Trinajstić information content (AvgIpc) is 2.73. The van der Waals surface area contributed by atoms with Crippen LogP contribution in [-0.2, 0) is 0 Å². The quantitative estimate of drug-likeness (QED) is 0.560. The molecule has 0 bridgehead atoms. The lowest BCUT2D eigenvalue weighted by molar-refractivity contribution is 0.0632. The highest BCUT2D eigenvalue weighted by Gasteiger charge is 2.30. The van der Waals surface area contributed by atoms with Crippen molar-refractivity contribution in [1.29, 1.82) is 0 Å². The van der Waals surface area contributed by atoms with Crippen LogP contribution in [0.5, 0.6) is 5.75 Å². The van der Waals surface area contributed by atoms with Crippen LogP contribution in [0.15, 0.2) is 52.1 Å². The van der Waals surface area contributed by atoms with E-state index in [1.54, 1.807) is 30.2 Å². The topological polar surface area (TPSA) is 107 Å². The van der Waals surface area contributed by atoms with Crippen LogP contribution in [0.2, 0.25) is 0 Å². The summed E-state index contributed by atoms with van der Waals surface area (Å²) in [4.78, 5) is 43.2. The molecule has 3 aromatic rings. The first-order chi connectivity index (χ1) is 13.6. The standard InChI is InChI=1S/C20H20N4O4.ClH/c1-28-17-5-3-2-4-13(17)16-11-21-8-9-24(16)20(27)12-6-7-14-15(10-12)23-19(26)18(25)22-14;/h2-7,10,16,21H,8-9,11H2,1H3,(H,22,25)(H,23,26);1H. The van der Waals surface area contributed by atoms with E-state index in [9.17, 15) is 14.4 Å². The molecule has 152 valence electrons. The second-order valence-corrected chi connectivity index (χ2v) is 6.63. The smallest absolute Gasteiger partial charge is 0.314 e. The van der Waals surface area contributed by atoms with Crippen LogP contribution in [-0.4, -0.2) is 47.5 Å². The first-order valence-corrected chi connectivity index (χ1v) is 8.99. The molecule has 4 rings (SSSR count). The lowest BCUT2D eigenvalue weighted by atomic mass is 10.0. The summed E-state index contributed by atoms with van der Waals surface area (Å²) in [7, 11) is 1.61. The molecule has 1 aliphatic heterocycles. The van der Waals surface area contributed by atoms with Gasteiger partial charge in [-0.3, -0.25) is 14.4 Å². The summed E-state index contributed by atoms with van der Waals surface area (Å²) < 4.78 is 5.48. The maximum absolute atomic E-state index is 13.3. The Morgan fingerprint density at radius 2 is 1.79 bits per heavy atom. The van der Waals surface area contributed by atoms with Crippen LogP contribution in [0.3, 0.4) is 0 Å². The molecule has 1 saturated heterocycles. The van der Waals surface area contributed by atoms with Crippen LogP contribution in [0, 0.1) is 0 Å². The molecular weight excluding hydrogens is 396 g/mol. The Morgan fingerprint density at radius 3 is 2.55 bits per heavy atom. The van der Waals surface area contributed by atoms with Crippen LogP contribution in [0.1, 0.15) is 22.0 Å². The number of rotatable bonds is 3. The maximum Gasteiger partial charge on any atom is 0.314 e. The lowest BCUT2D eigenvalue weighted by Gasteiger charge is -2.37. The third kappa shape index (κ3) is 3.90. The molecule has 3 N–H and O–H groups in total. The fourth-order valence-electron chi connectivity index (χ4n) is 3.58. The highest BCUT2D eigenvalue weighted by Crippen LogP contribution is 2.31. The number of carbonyl (C=O) groups is 1. The van der Waals surface area contributed by atoms with Gasteiger partial charge in [0.25, 0.3) is 5.91 Å². The van der Waals surface area contributed by atoms with Crippen molar-refractivity contribution in [2.45, 2.75) is 6.04 Å². The molecule has 2 aromatic carbocycles. The number of nitrogens with one attached hydrogen (secondary N) is 3. The Bertz CT molecular complexity index is 1160. The number of amides is 1. The summed E-state index contributed by atoms with van der Waals surface area (Å²) in [6.07, 6.45) is 0. The summed E-state index contributed by atoms with van der Waals surface area (Å²) in [5, 5.41) is 3.33. The summed E-state index contributed by atoms with van der Waals surface area (Å²) in [5.41, 5.74) is 0.805. The number of methoxy groups -OCH3 is 1. The fourth-order valence-corrected chi connectivity index (χ4v) is 3.58. The molecule has 0 saturated carbocycles. The number of ether oxygens (including phenoxy) is 1. The van der Waals surface area contributed by atoms with Crippen molar-refractivity contribution in [2.24, 2.45) is 0 Å². The maximum atomic E-state index is 13.3. The minimum Gasteiger partial charge on any atom is -0.496 e. The van der Waals surface area contributed by atoms with E-state index in [-0.39, 0.29) is 24.4 Å². The van der Waals surface area contributed by atoms with E-state index in [0.717, 1.165) is 11.3 Å². The minimum absolute atomic E-state index is 0. The van der Waals surface area contributed by atoms with E-state index < -0.39 is 11.1 Å². The Hall–Kier alpha value is -3.10. The first-order valence-electron chi connectivity index (χ1n) is 8.99. The van der Waals surface area contributed by atoms with Crippen molar-refractivity contribution in [3.8, 4) is 5.75 Å². The SMILES string of the molecule is COc1ccccc1C1CNCCN1C(=O)c1ccc2[nH]c(=O)c(=O)[nH]c2c1.Cl. The number of benzene rings is 2. The van der Waals surface area contributed by atoms with Gasteiger partial charge in [0, 0.05) is 30.8 Å². The molecule has 1 aromatic heterocycles. The molecule has 8 nitrogen and oxygen atoms in total. The average molecular weight is 417 g/mol. The summed E-state index contributed by atoms with van der Waals surface area (Å²) >= 11 is 0. The Labute approximate surface area is 172 Å². The largest absolute Gasteiger partial charge is 0.496 e. The van der Waals surface area contributed by atoms with Crippen molar-refractivity contribution < 1.29 is 9.53 Å². The van der Waals surface area contributed by atoms with E-state index >= 15 is 0 Å². The molecule has 1 aliphatic rings. The number of hydrogen-bond donors (Lipinski definition) is 3. The second-order valence-electron chi connectivity index (χ2n) is 6.63. The van der Waals surface area contributed by atoms with Gasteiger partial charge in [-0.25, -0.2) is 0 Å². The van der Waals surface area contributed by atoms with Crippen LogP contribution >= 0.6 is 12.4 Å². The van der Waals surface area contributed by atoms with E-state index in [2.05, 4.69) is 15.3 Å². The summed E-state index contributed by atoms with van der Waals surface area (Å²) in [5.74, 6) is 0.584. The molecule has 29 heavy (non-hydrogen) atoms. The van der Waals surface area contributed by atoms with E-state index in [1.807, 2.05) is 24.3 Å². The van der Waals surface area contributed by atoms with Crippen molar-refractivity contribution in [2.75, 3.05) is 26.7 Å². The first kappa shape index (κ1) is 20.6. The molecule has 0 spiro atoms. The number of hydrogen-bond acceptors (Lipinski definition) is 5. The molecule has 2 heterocycles. The third-order valence-corrected chi connectivity index (χ3v) is 4.97. The predicted molar refractivity (Wildman–Crippen MR) is 112 cm³/mol. The third-order valence-electron chi connectivity index (χ3n) is 4.97. The number of halogens is 1. The predicted octanol–water partition coefficient (Wildman–Crippen LogP) is 1.43. The van der Waals surface area contributed by atoms with E-state index in [4.69, 9.17) is 4.74 Å². The van der Waals surface area contributed by atoms with Gasteiger partial charge in [0.05, 0.1) is 24.2 Å². The summed E-state index contributed by atoms with van der Waals surface area (Å²) in [6, 6.07) is 12.3. The number of carbonyl (C=O) groups excluding carboxylic acids is 1. The molecule has 0 aliphatic carbocycles. The lowest BCUT2D eigenvalue weighted by Crippen LogP contribution is -2.48. The number of H-pyrrole nitrogens is 2. The van der Waals surface area contributed by atoms with Crippen LogP contribution < -0.4 is 21.2 Å². The normalized spacial score (nSPS) is 16.3. The Balaban J connectivity index is 0.00000240. The minimum atomic E-state index is -0.744. The van der Waals surface area contributed by atoms with Crippen LogP contribution in [0.25, 0.3) is 11.0 Å². The molecular formula is C20H21ClN4O4. The van der Waals surface area contributed by atoms with Crippen molar-refractivity contribution in [1.82, 2.24) is 20.2 Å². The zero-order chi connectivity index (χ0) is 19.7. The highest BCUT2D eigenvalue weighted by atomic mass is 35.5. The number of para-hydroxylation sites is 1. The van der Waals surface area contributed by atoms with Gasteiger partial charge in [0.15, 0.2) is 0 Å². The van der Waals surface area contributed by atoms with Crippen molar-refractivity contribution in [3.63, 3.8) is 0 Å². The van der Waals surface area contributed by atoms with Crippen molar-refractivity contribution in [3.05, 3.63) is 74.3 Å². The summed E-state index contributed by atoms with van der Waals surface area (Å²) in [6.45, 7) is 1.85. The van der Waals surface area contributed by atoms with E-state index in [1.165, 1.54) is 0 Å². The fraction of sp³-hybridized carbons (Fsp3) is 0.250. The van der Waals surface area contributed by atoms with Gasteiger partial charge in [0.1, 0.15) is 5.75 Å². The van der Waals surface area contributed by atoms with Gasteiger partial charge < -0.3 is 24.9 Å². The van der Waals surface area contributed by atoms with Gasteiger partial charge in [-0.05, 0) is 24.3 Å². The Kier molecular flexibility index (Phi) is 6.05. The molecule has 9 heteroatoms. The van der Waals surface area contributed by atoms with Crippen molar-refractivity contribution >= 4 is 29.3 Å². The van der Waals surface area contributed by atoms with Gasteiger partial charge in [0.2, 0.25) is 0 Å². The molecule has 0 radical (unpaired) electrons. The number of aromatic nitrogens is 2. The monoisotopic (exact) mass is 416 g/mol. The molecule has 1 atom stereocenters. The van der Waals surface area contributed by atoms with Gasteiger partial charge >= 0.3 is 11.1 Å². The van der Waals surface area contributed by atoms with E-state index in [0.29, 0.717) is 36.2 Å². The number of aromatic amines is 2. The van der Waals surface area contributed by atoms with Crippen LogP contribution in [0.4, 0.5) is 0 Å². The molecule has 1 amide bonds. The van der Waals surface area contributed by atoms with Gasteiger partial charge in [-0.15, -0.1) is 12.4 Å². The molecule has 1 unspecified atom stereocenters.